The zero-order valence-corrected chi connectivity index (χ0v) is 8.73. The van der Waals surface area contributed by atoms with Crippen molar-refractivity contribution in [1.82, 2.24) is 9.78 Å². The number of nitrogens with zero attached hydrogens (tertiary/aromatic N) is 2. The van der Waals surface area contributed by atoms with E-state index >= 15 is 0 Å². The van der Waals surface area contributed by atoms with E-state index in [0.717, 1.165) is 0 Å². The maximum absolute atomic E-state index is 10.7. The topological polar surface area (TPSA) is 55.1 Å². The summed E-state index contributed by atoms with van der Waals surface area (Å²) in [6, 6.07) is 0. The van der Waals surface area contributed by atoms with Crippen LogP contribution in [0, 0.1) is 0 Å². The summed E-state index contributed by atoms with van der Waals surface area (Å²) in [6.07, 6.45) is 1.28. The Balaban J connectivity index is 3.28. The van der Waals surface area contributed by atoms with E-state index in [0.29, 0.717) is 0 Å². The SMILES string of the molecule is Cn1cc(C(=O)O)c(C(Cl)(Cl)Cl)n1. The van der Waals surface area contributed by atoms with E-state index in [9.17, 15) is 4.79 Å². The zero-order valence-electron chi connectivity index (χ0n) is 6.46. The van der Waals surface area contributed by atoms with Crippen molar-refractivity contribution in [2.24, 2.45) is 7.05 Å². The number of aromatic carboxylic acids is 1. The van der Waals surface area contributed by atoms with Crippen molar-refractivity contribution in [2.75, 3.05) is 0 Å². The van der Waals surface area contributed by atoms with Crippen molar-refractivity contribution in [1.29, 1.82) is 0 Å². The molecule has 0 radical (unpaired) electrons. The molecular weight excluding hydrogens is 238 g/mol. The number of rotatable bonds is 1. The second kappa shape index (κ2) is 3.36. The summed E-state index contributed by atoms with van der Waals surface area (Å²) in [5.41, 5.74) is -0.185. The van der Waals surface area contributed by atoms with Gasteiger partial charge in [-0.3, -0.25) is 4.68 Å². The first-order chi connectivity index (χ1) is 5.82. The molecular formula is C6H5Cl3N2O2. The molecule has 1 rings (SSSR count). The predicted octanol–water partition coefficient (Wildman–Crippen LogP) is 1.94. The molecule has 0 unspecified atom stereocenters. The molecule has 4 nitrogen and oxygen atoms in total. The summed E-state index contributed by atoms with van der Waals surface area (Å²) in [7, 11) is 1.55. The molecule has 0 saturated heterocycles. The van der Waals surface area contributed by atoms with Crippen molar-refractivity contribution >= 4 is 40.8 Å². The maximum atomic E-state index is 10.7. The highest BCUT2D eigenvalue weighted by Crippen LogP contribution is 2.38. The Hall–Kier alpha value is -0.450. The molecule has 0 fully saturated rings. The fourth-order valence-corrected chi connectivity index (χ4v) is 1.27. The van der Waals surface area contributed by atoms with Crippen LogP contribution in [0.25, 0.3) is 0 Å². The van der Waals surface area contributed by atoms with E-state index in [1.807, 2.05) is 0 Å². The van der Waals surface area contributed by atoms with Gasteiger partial charge in [0.05, 0.1) is 0 Å². The average molecular weight is 243 g/mol. The molecule has 72 valence electrons. The molecule has 0 aromatic carbocycles. The summed E-state index contributed by atoms with van der Waals surface area (Å²) >= 11 is 16.5. The van der Waals surface area contributed by atoms with Gasteiger partial charge in [-0.2, -0.15) is 5.10 Å². The lowest BCUT2D eigenvalue weighted by Gasteiger charge is -2.07. The molecule has 0 amide bonds. The second-order valence-corrected chi connectivity index (χ2v) is 4.65. The van der Waals surface area contributed by atoms with Crippen LogP contribution in [-0.4, -0.2) is 20.9 Å². The van der Waals surface area contributed by atoms with Gasteiger partial charge in [0.15, 0.2) is 0 Å². The van der Waals surface area contributed by atoms with Crippen LogP contribution in [0.5, 0.6) is 0 Å². The van der Waals surface area contributed by atoms with E-state index in [4.69, 9.17) is 39.9 Å². The molecule has 0 aliphatic carbocycles. The molecule has 1 heterocycles. The number of hydrogen-bond donors (Lipinski definition) is 1. The maximum Gasteiger partial charge on any atom is 0.339 e. The molecule has 1 N–H and O–H groups in total. The molecule has 0 aliphatic heterocycles. The van der Waals surface area contributed by atoms with Gasteiger partial charge in [0.2, 0.25) is 3.79 Å². The highest BCUT2D eigenvalue weighted by Gasteiger charge is 2.32. The quantitative estimate of drug-likeness (QED) is 0.767. The number of carboxylic acid groups (broad SMARTS) is 1. The minimum Gasteiger partial charge on any atom is -0.478 e. The van der Waals surface area contributed by atoms with Crippen molar-refractivity contribution in [3.8, 4) is 0 Å². The van der Waals surface area contributed by atoms with Gasteiger partial charge in [-0.25, -0.2) is 4.79 Å². The van der Waals surface area contributed by atoms with Crippen LogP contribution in [0.1, 0.15) is 16.1 Å². The number of alkyl halides is 3. The van der Waals surface area contributed by atoms with Crippen LogP contribution >= 0.6 is 34.8 Å². The molecule has 7 heteroatoms. The molecule has 0 saturated carbocycles. The minimum atomic E-state index is -1.81. The lowest BCUT2D eigenvalue weighted by molar-refractivity contribution is 0.0695. The van der Waals surface area contributed by atoms with Crippen LogP contribution in [0.15, 0.2) is 6.20 Å². The summed E-state index contributed by atoms with van der Waals surface area (Å²) < 4.78 is -0.532. The van der Waals surface area contributed by atoms with Gasteiger partial charge in [0, 0.05) is 13.2 Å². The van der Waals surface area contributed by atoms with Gasteiger partial charge in [0.1, 0.15) is 11.3 Å². The smallest absolute Gasteiger partial charge is 0.339 e. The Morgan fingerprint density at radius 2 is 2.15 bits per heavy atom. The lowest BCUT2D eigenvalue weighted by Crippen LogP contribution is -2.08. The number of hydrogen-bond acceptors (Lipinski definition) is 2. The van der Waals surface area contributed by atoms with Crippen molar-refractivity contribution in [3.05, 3.63) is 17.5 Å². The van der Waals surface area contributed by atoms with Gasteiger partial charge < -0.3 is 5.11 Å². The van der Waals surface area contributed by atoms with Crippen LogP contribution in [0.2, 0.25) is 0 Å². The third-order valence-corrected chi connectivity index (χ3v) is 1.86. The van der Waals surface area contributed by atoms with Crippen molar-refractivity contribution < 1.29 is 9.90 Å². The summed E-state index contributed by atoms with van der Waals surface area (Å²) in [6.45, 7) is 0. The van der Waals surface area contributed by atoms with E-state index in [1.54, 1.807) is 7.05 Å². The fourth-order valence-electron chi connectivity index (χ4n) is 0.854. The Morgan fingerprint density at radius 3 is 2.46 bits per heavy atom. The van der Waals surface area contributed by atoms with Gasteiger partial charge in [-0.1, -0.05) is 34.8 Å². The van der Waals surface area contributed by atoms with Crippen LogP contribution < -0.4 is 0 Å². The highest BCUT2D eigenvalue weighted by atomic mass is 35.6. The summed E-state index contributed by atoms with van der Waals surface area (Å²) in [5.74, 6) is -1.17. The Kier molecular flexibility index (Phi) is 2.75. The lowest BCUT2D eigenvalue weighted by atomic mass is 10.3. The molecule has 0 spiro atoms. The van der Waals surface area contributed by atoms with Gasteiger partial charge in [-0.05, 0) is 0 Å². The third kappa shape index (κ3) is 2.27. The number of aromatic nitrogens is 2. The Morgan fingerprint density at radius 1 is 1.62 bits per heavy atom. The minimum absolute atomic E-state index is 0.0764. The molecule has 0 atom stereocenters. The standard InChI is InChI=1S/C6H5Cl3N2O2/c1-11-2-3(5(12)13)4(10-11)6(7,8)9/h2H,1H3,(H,12,13). The Labute approximate surface area is 89.0 Å². The van der Waals surface area contributed by atoms with Crippen LogP contribution in [0.3, 0.4) is 0 Å². The molecule has 13 heavy (non-hydrogen) atoms. The zero-order chi connectivity index (χ0) is 10.2. The molecule has 0 aliphatic rings. The molecule has 1 aromatic rings. The number of halogens is 3. The number of carbonyl (C=O) groups is 1. The van der Waals surface area contributed by atoms with Gasteiger partial charge in [-0.15, -0.1) is 0 Å². The van der Waals surface area contributed by atoms with E-state index in [1.165, 1.54) is 10.9 Å². The number of aryl methyl sites for hydroxylation is 1. The van der Waals surface area contributed by atoms with E-state index < -0.39 is 9.76 Å². The molecule has 1 aromatic heterocycles. The second-order valence-electron chi connectivity index (χ2n) is 2.37. The Bertz CT molecular complexity index is 342. The first kappa shape index (κ1) is 10.6. The average Bonchev–Trinajstić information content (AvgIpc) is 2.29. The molecule has 0 bridgehead atoms. The highest BCUT2D eigenvalue weighted by molar-refractivity contribution is 6.66. The van der Waals surface area contributed by atoms with Crippen molar-refractivity contribution in [3.63, 3.8) is 0 Å². The van der Waals surface area contributed by atoms with E-state index in [-0.39, 0.29) is 11.3 Å². The first-order valence-electron chi connectivity index (χ1n) is 3.16. The van der Waals surface area contributed by atoms with Crippen molar-refractivity contribution in [2.45, 2.75) is 3.79 Å². The van der Waals surface area contributed by atoms with Crippen LogP contribution in [0.4, 0.5) is 0 Å². The third-order valence-electron chi connectivity index (χ3n) is 1.33. The normalized spacial score (nSPS) is 11.7. The first-order valence-corrected chi connectivity index (χ1v) is 4.30. The summed E-state index contributed by atoms with van der Waals surface area (Å²) in [5, 5.41) is 12.5. The number of carboxylic acids is 1. The monoisotopic (exact) mass is 242 g/mol. The predicted molar refractivity (Wildman–Crippen MR) is 49.4 cm³/mol. The van der Waals surface area contributed by atoms with Crippen LogP contribution in [-0.2, 0) is 10.8 Å². The van der Waals surface area contributed by atoms with E-state index in [2.05, 4.69) is 5.10 Å². The van der Waals surface area contributed by atoms with Gasteiger partial charge in [0.25, 0.3) is 0 Å². The van der Waals surface area contributed by atoms with Gasteiger partial charge >= 0.3 is 5.97 Å². The largest absolute Gasteiger partial charge is 0.478 e. The summed E-state index contributed by atoms with van der Waals surface area (Å²) in [4.78, 5) is 10.7. The fraction of sp³-hybridized carbons (Fsp3) is 0.333.